The van der Waals surface area contributed by atoms with Crippen LogP contribution in [-0.2, 0) is 0 Å². The second kappa shape index (κ2) is 6.19. The number of halogens is 2. The molecule has 2 atom stereocenters. The van der Waals surface area contributed by atoms with Gasteiger partial charge in [0.25, 0.3) is 0 Å². The summed E-state index contributed by atoms with van der Waals surface area (Å²) in [5, 5.41) is 3.26. The summed E-state index contributed by atoms with van der Waals surface area (Å²) in [7, 11) is 0. The first kappa shape index (κ1) is 13.1. The van der Waals surface area contributed by atoms with Crippen LogP contribution in [0.2, 0.25) is 0 Å². The minimum absolute atomic E-state index is 0. The predicted octanol–water partition coefficient (Wildman–Crippen LogP) is -8.79. The summed E-state index contributed by atoms with van der Waals surface area (Å²) in [6.07, 6.45) is 1.19. The zero-order valence-corrected chi connectivity index (χ0v) is 7.46. The topological polar surface area (TPSA) is 67.3 Å². The number of rotatable bonds is 0. The van der Waals surface area contributed by atoms with Crippen molar-refractivity contribution in [2.75, 3.05) is 13.1 Å². The van der Waals surface area contributed by atoms with Crippen LogP contribution in [0.15, 0.2) is 0 Å². The summed E-state index contributed by atoms with van der Waals surface area (Å²) in [5.41, 5.74) is 7.89. The summed E-state index contributed by atoms with van der Waals surface area (Å²) in [4.78, 5) is 0. The van der Waals surface area contributed by atoms with Crippen molar-refractivity contribution in [1.29, 1.82) is 0 Å². The van der Waals surface area contributed by atoms with E-state index in [4.69, 9.17) is 0 Å². The first-order valence-corrected chi connectivity index (χ1v) is 3.16. The van der Waals surface area contributed by atoms with Crippen molar-refractivity contribution in [2.45, 2.75) is 18.5 Å². The Morgan fingerprint density at radius 3 is 1.60 bits per heavy atom. The van der Waals surface area contributed by atoms with Gasteiger partial charge in [0.05, 0.1) is 6.42 Å². The summed E-state index contributed by atoms with van der Waals surface area (Å²) in [6.45, 7) is 2.15. The molecule has 0 aromatic heterocycles. The lowest BCUT2D eigenvalue weighted by molar-refractivity contribution is -0.470. The Morgan fingerprint density at radius 1 is 1.00 bits per heavy atom. The van der Waals surface area contributed by atoms with Gasteiger partial charge in [0.2, 0.25) is 0 Å². The lowest BCUT2D eigenvalue weighted by atomic mass is 10.1. The van der Waals surface area contributed by atoms with Gasteiger partial charge in [-0.15, -0.1) is 0 Å². The van der Waals surface area contributed by atoms with Gasteiger partial charge in [0.1, 0.15) is 12.1 Å². The highest BCUT2D eigenvalue weighted by Crippen LogP contribution is 1.92. The van der Waals surface area contributed by atoms with Gasteiger partial charge in [0, 0.05) is 13.1 Å². The molecule has 7 N–H and O–H groups in total. The number of quaternary nitrogens is 2. The van der Waals surface area contributed by atoms with Crippen LogP contribution >= 0.6 is 0 Å². The third kappa shape index (κ3) is 4.30. The molecule has 0 bridgehead atoms. The number of piperidine rings is 1. The van der Waals surface area contributed by atoms with Crippen molar-refractivity contribution in [3.8, 4) is 0 Å². The number of hydrogen-bond donors (Lipinski definition) is 3. The Labute approximate surface area is 73.7 Å². The van der Waals surface area contributed by atoms with Gasteiger partial charge < -0.3 is 41.6 Å². The minimum Gasteiger partial charge on any atom is -1.00 e. The van der Waals surface area contributed by atoms with E-state index in [-0.39, 0.29) is 24.8 Å². The van der Waals surface area contributed by atoms with Gasteiger partial charge in [-0.3, -0.25) is 0 Å². The Morgan fingerprint density at radius 2 is 1.40 bits per heavy atom. The molecule has 3 nitrogen and oxygen atoms in total. The van der Waals surface area contributed by atoms with E-state index in [0.29, 0.717) is 12.1 Å². The zero-order chi connectivity index (χ0) is 5.98. The molecular formula is C5H15Cl2N3. The van der Waals surface area contributed by atoms with Crippen LogP contribution in [0.4, 0.5) is 0 Å². The van der Waals surface area contributed by atoms with Crippen molar-refractivity contribution in [3.63, 3.8) is 0 Å². The van der Waals surface area contributed by atoms with Crippen LogP contribution < -0.4 is 41.6 Å². The van der Waals surface area contributed by atoms with E-state index in [1.807, 2.05) is 0 Å². The molecule has 1 heterocycles. The molecule has 5 heteroatoms. The maximum absolute atomic E-state index is 3.95. The Hall–Kier alpha value is 0.460. The molecule has 0 aromatic rings. The fraction of sp³-hybridized carbons (Fsp3) is 1.00. The summed E-state index contributed by atoms with van der Waals surface area (Å²) >= 11 is 0. The first-order valence-electron chi connectivity index (χ1n) is 3.16. The van der Waals surface area contributed by atoms with E-state index < -0.39 is 0 Å². The number of nitrogens with one attached hydrogen (secondary N) is 1. The Kier molecular flexibility index (Phi) is 8.09. The van der Waals surface area contributed by atoms with Crippen molar-refractivity contribution < 1.29 is 36.3 Å². The van der Waals surface area contributed by atoms with Crippen LogP contribution in [0.3, 0.4) is 0 Å². The van der Waals surface area contributed by atoms with E-state index in [1.54, 1.807) is 0 Å². The van der Waals surface area contributed by atoms with E-state index in [0.717, 1.165) is 13.1 Å². The van der Waals surface area contributed by atoms with Gasteiger partial charge in [0.15, 0.2) is 0 Å². The molecule has 0 radical (unpaired) electrons. The predicted molar refractivity (Wildman–Crippen MR) is 30.8 cm³/mol. The van der Waals surface area contributed by atoms with Crippen molar-refractivity contribution in [2.24, 2.45) is 0 Å². The SMILES string of the molecule is [Cl-].[Cl-].[NH3+][C@@H]1CNC[C@H]([NH3+])C1. The van der Waals surface area contributed by atoms with Crippen molar-refractivity contribution >= 4 is 0 Å². The van der Waals surface area contributed by atoms with Crippen LogP contribution in [0.5, 0.6) is 0 Å². The van der Waals surface area contributed by atoms with Crippen LogP contribution in [0.1, 0.15) is 6.42 Å². The summed E-state index contributed by atoms with van der Waals surface area (Å²) in [5.74, 6) is 0. The molecule has 64 valence electrons. The van der Waals surface area contributed by atoms with Crippen molar-refractivity contribution in [1.82, 2.24) is 5.32 Å². The quantitative estimate of drug-likeness (QED) is 0.347. The zero-order valence-electron chi connectivity index (χ0n) is 5.95. The highest BCUT2D eigenvalue weighted by Gasteiger charge is 2.19. The highest BCUT2D eigenvalue weighted by atomic mass is 35.5. The monoisotopic (exact) mass is 187 g/mol. The number of hydrogen-bond acceptors (Lipinski definition) is 1. The average Bonchev–Trinajstić information content (AvgIpc) is 1.64. The molecule has 1 fully saturated rings. The Balaban J connectivity index is 0. The maximum atomic E-state index is 3.95. The van der Waals surface area contributed by atoms with E-state index in [2.05, 4.69) is 16.8 Å². The molecule has 0 unspecified atom stereocenters. The molecular weight excluding hydrogens is 173 g/mol. The molecule has 1 rings (SSSR count). The fourth-order valence-electron chi connectivity index (χ4n) is 1.13. The van der Waals surface area contributed by atoms with E-state index >= 15 is 0 Å². The van der Waals surface area contributed by atoms with Gasteiger partial charge in [-0.25, -0.2) is 0 Å². The molecule has 0 spiro atoms. The summed E-state index contributed by atoms with van der Waals surface area (Å²) in [6, 6.07) is 1.18. The third-order valence-corrected chi connectivity index (χ3v) is 1.53. The van der Waals surface area contributed by atoms with Gasteiger partial charge in [-0.2, -0.15) is 0 Å². The second-order valence-electron chi connectivity index (χ2n) is 2.63. The lowest BCUT2D eigenvalue weighted by Gasteiger charge is -2.19. The molecule has 1 saturated heterocycles. The molecule has 1 aliphatic rings. The van der Waals surface area contributed by atoms with Gasteiger partial charge in [-0.05, 0) is 0 Å². The lowest BCUT2D eigenvalue weighted by Crippen LogP contribution is -3.00. The van der Waals surface area contributed by atoms with Crippen LogP contribution in [0, 0.1) is 0 Å². The molecule has 0 amide bonds. The van der Waals surface area contributed by atoms with Gasteiger partial charge in [-0.1, -0.05) is 0 Å². The molecule has 0 saturated carbocycles. The van der Waals surface area contributed by atoms with Crippen LogP contribution in [-0.4, -0.2) is 25.2 Å². The maximum Gasteiger partial charge on any atom is 0.103 e. The van der Waals surface area contributed by atoms with Crippen molar-refractivity contribution in [3.05, 3.63) is 0 Å². The first-order chi connectivity index (χ1) is 3.79. The minimum atomic E-state index is 0. The molecule has 0 aliphatic carbocycles. The van der Waals surface area contributed by atoms with Crippen LogP contribution in [0.25, 0.3) is 0 Å². The standard InChI is InChI=1S/C5H13N3.2ClH/c6-4-1-5(7)3-8-2-4;;/h4-5,8H,1-3,6-7H2;2*1H/t4-,5+;;. The third-order valence-electron chi connectivity index (χ3n) is 1.53. The normalized spacial score (nSPS) is 31.8. The largest absolute Gasteiger partial charge is 1.00 e. The smallest absolute Gasteiger partial charge is 0.103 e. The van der Waals surface area contributed by atoms with E-state index in [9.17, 15) is 0 Å². The molecule has 10 heavy (non-hydrogen) atoms. The fourth-order valence-corrected chi connectivity index (χ4v) is 1.13. The van der Waals surface area contributed by atoms with E-state index in [1.165, 1.54) is 6.42 Å². The Bertz CT molecular complexity index is 73.3. The summed E-state index contributed by atoms with van der Waals surface area (Å²) < 4.78 is 0. The highest BCUT2D eigenvalue weighted by molar-refractivity contribution is 4.71. The molecule has 1 aliphatic heterocycles. The van der Waals surface area contributed by atoms with Gasteiger partial charge >= 0.3 is 0 Å². The average molecular weight is 188 g/mol. The molecule has 0 aromatic carbocycles. The second-order valence-corrected chi connectivity index (χ2v) is 2.63.